The molecular weight excluding hydrogens is 513 g/mol. The van der Waals surface area contributed by atoms with Gasteiger partial charge in [0.15, 0.2) is 23.1 Å². The number of carboxylic acids is 1. The molecule has 1 aliphatic rings. The van der Waals surface area contributed by atoms with Gasteiger partial charge < -0.3 is 24.2 Å². The Morgan fingerprint density at radius 2 is 1.60 bits per heavy atom. The van der Waals surface area contributed by atoms with Gasteiger partial charge >= 0.3 is 5.97 Å². The van der Waals surface area contributed by atoms with Crippen molar-refractivity contribution >= 4 is 11.9 Å². The standard InChI is InChI=1S/C32H28FNO6/c1-38-28-17-16-23-19-34(26(32(36)37)18-24(23)30(28)39-20-21-10-4-2-5-11-21)31(35)29(22-12-6-3-7-13-22)40-27-15-9-8-14-25(27)33/h2-17,26,29H,18-20H2,1H3,(H,36,37)/t26-,29+/m1/s1. The fourth-order valence-corrected chi connectivity index (χ4v) is 4.82. The first-order valence-corrected chi connectivity index (χ1v) is 12.8. The molecule has 40 heavy (non-hydrogen) atoms. The second kappa shape index (κ2) is 11.9. The summed E-state index contributed by atoms with van der Waals surface area (Å²) in [6.07, 6.45) is -1.26. The fourth-order valence-electron chi connectivity index (χ4n) is 4.82. The Bertz CT molecular complexity index is 1490. The lowest BCUT2D eigenvalue weighted by molar-refractivity contribution is -0.155. The van der Waals surface area contributed by atoms with Crippen LogP contribution in [-0.4, -0.2) is 35.0 Å². The Kier molecular flexibility index (Phi) is 7.96. The van der Waals surface area contributed by atoms with Gasteiger partial charge in [0, 0.05) is 24.1 Å². The second-order valence-electron chi connectivity index (χ2n) is 9.37. The summed E-state index contributed by atoms with van der Waals surface area (Å²) in [5, 5.41) is 10.2. The third-order valence-corrected chi connectivity index (χ3v) is 6.86. The molecular formula is C32H28FNO6. The van der Waals surface area contributed by atoms with E-state index in [0.29, 0.717) is 22.6 Å². The van der Waals surface area contributed by atoms with E-state index in [9.17, 15) is 19.1 Å². The first-order valence-electron chi connectivity index (χ1n) is 12.8. The van der Waals surface area contributed by atoms with Crippen LogP contribution in [0.5, 0.6) is 17.2 Å². The van der Waals surface area contributed by atoms with Crippen LogP contribution in [0.15, 0.2) is 97.1 Å². The lowest BCUT2D eigenvalue weighted by Gasteiger charge is -2.37. The molecule has 7 nitrogen and oxygen atoms in total. The molecule has 1 amide bonds. The van der Waals surface area contributed by atoms with Gasteiger partial charge in [-0.05, 0) is 29.3 Å². The van der Waals surface area contributed by atoms with E-state index in [1.807, 2.05) is 30.3 Å². The number of hydrogen-bond acceptors (Lipinski definition) is 5. The van der Waals surface area contributed by atoms with Crippen molar-refractivity contribution in [3.63, 3.8) is 0 Å². The lowest BCUT2D eigenvalue weighted by Crippen LogP contribution is -2.51. The van der Waals surface area contributed by atoms with Crippen LogP contribution in [0.25, 0.3) is 0 Å². The first-order chi connectivity index (χ1) is 19.5. The third-order valence-electron chi connectivity index (χ3n) is 6.86. The normalized spacial score (nSPS) is 15.1. The van der Waals surface area contributed by atoms with E-state index in [4.69, 9.17) is 14.2 Å². The van der Waals surface area contributed by atoms with Crippen molar-refractivity contribution in [1.82, 2.24) is 4.90 Å². The summed E-state index contributed by atoms with van der Waals surface area (Å²) < 4.78 is 32.1. The lowest BCUT2D eigenvalue weighted by atomic mass is 9.91. The zero-order valence-electron chi connectivity index (χ0n) is 21.8. The molecule has 0 saturated carbocycles. The van der Waals surface area contributed by atoms with Gasteiger partial charge in [-0.2, -0.15) is 0 Å². The minimum Gasteiger partial charge on any atom is -0.493 e. The number of para-hydroxylation sites is 1. The van der Waals surface area contributed by atoms with Gasteiger partial charge in [-0.3, -0.25) is 4.79 Å². The number of amides is 1. The van der Waals surface area contributed by atoms with E-state index >= 15 is 0 Å². The van der Waals surface area contributed by atoms with Crippen molar-refractivity contribution in [2.45, 2.75) is 31.7 Å². The number of carboxylic acid groups (broad SMARTS) is 1. The highest BCUT2D eigenvalue weighted by molar-refractivity contribution is 5.88. The van der Waals surface area contributed by atoms with Crippen LogP contribution in [0.2, 0.25) is 0 Å². The highest BCUT2D eigenvalue weighted by atomic mass is 19.1. The average Bonchev–Trinajstić information content (AvgIpc) is 2.99. The fraction of sp³-hybridized carbons (Fsp3) is 0.188. The average molecular weight is 542 g/mol. The predicted molar refractivity (Wildman–Crippen MR) is 146 cm³/mol. The number of benzene rings is 4. The number of nitrogens with zero attached hydrogens (tertiary/aromatic N) is 1. The molecule has 0 fully saturated rings. The summed E-state index contributed by atoms with van der Waals surface area (Å²) >= 11 is 0. The number of carbonyl (C=O) groups excluding carboxylic acids is 1. The molecule has 0 radical (unpaired) electrons. The summed E-state index contributed by atoms with van der Waals surface area (Å²) in [5.41, 5.74) is 2.82. The van der Waals surface area contributed by atoms with Gasteiger partial charge in [0.05, 0.1) is 7.11 Å². The summed E-state index contributed by atoms with van der Waals surface area (Å²) in [6, 6.07) is 26.4. The zero-order chi connectivity index (χ0) is 28.1. The maximum Gasteiger partial charge on any atom is 0.326 e. The predicted octanol–water partition coefficient (Wildman–Crippen LogP) is 5.57. The molecule has 4 aromatic rings. The molecule has 1 aliphatic heterocycles. The first kappa shape index (κ1) is 26.7. The molecule has 0 aromatic heterocycles. The van der Waals surface area contributed by atoms with Crippen LogP contribution in [0.1, 0.15) is 28.4 Å². The third kappa shape index (κ3) is 5.61. The monoisotopic (exact) mass is 541 g/mol. The van der Waals surface area contributed by atoms with Crippen molar-refractivity contribution in [3.05, 3.63) is 125 Å². The van der Waals surface area contributed by atoms with Crippen molar-refractivity contribution in [2.75, 3.05) is 7.11 Å². The van der Waals surface area contributed by atoms with Crippen molar-refractivity contribution in [2.24, 2.45) is 0 Å². The number of hydrogen-bond donors (Lipinski definition) is 1. The number of ether oxygens (including phenoxy) is 3. The molecule has 8 heteroatoms. The van der Waals surface area contributed by atoms with E-state index < -0.39 is 29.8 Å². The maximum absolute atomic E-state index is 14.5. The highest BCUT2D eigenvalue weighted by Crippen LogP contribution is 2.40. The van der Waals surface area contributed by atoms with Crippen LogP contribution in [-0.2, 0) is 29.2 Å². The minimum absolute atomic E-state index is 0.000784. The Hall–Kier alpha value is -4.85. The SMILES string of the molecule is COc1ccc2c(c1OCc1ccccc1)C[C@H](C(=O)O)N(C(=O)[C@@H](Oc1ccccc1F)c1ccccc1)C2. The van der Waals surface area contributed by atoms with Gasteiger partial charge in [-0.1, -0.05) is 78.9 Å². The molecule has 204 valence electrons. The number of carbonyl (C=O) groups is 2. The smallest absolute Gasteiger partial charge is 0.326 e. The maximum atomic E-state index is 14.5. The molecule has 0 saturated heterocycles. The van der Waals surface area contributed by atoms with Crippen molar-refractivity contribution < 1.29 is 33.3 Å². The van der Waals surface area contributed by atoms with Gasteiger partial charge in [0.1, 0.15) is 12.6 Å². The molecule has 2 atom stereocenters. The number of fused-ring (bicyclic) bond motifs is 1. The summed E-state index contributed by atoms with van der Waals surface area (Å²) in [7, 11) is 1.52. The van der Waals surface area contributed by atoms with Gasteiger partial charge in [-0.25, -0.2) is 9.18 Å². The Morgan fingerprint density at radius 1 is 0.925 bits per heavy atom. The van der Waals surface area contributed by atoms with Gasteiger partial charge in [0.2, 0.25) is 6.10 Å². The molecule has 1 N–H and O–H groups in total. The van der Waals surface area contributed by atoms with Gasteiger partial charge in [0.25, 0.3) is 5.91 Å². The molecule has 4 aromatic carbocycles. The van der Waals surface area contributed by atoms with E-state index in [1.165, 1.54) is 30.2 Å². The number of aliphatic carboxylic acids is 1. The quantitative estimate of drug-likeness (QED) is 0.298. The largest absolute Gasteiger partial charge is 0.493 e. The van der Waals surface area contributed by atoms with Crippen LogP contribution in [0.3, 0.4) is 0 Å². The van der Waals surface area contributed by atoms with Crippen molar-refractivity contribution in [1.29, 1.82) is 0 Å². The second-order valence-corrected chi connectivity index (χ2v) is 9.37. The minimum atomic E-state index is -1.26. The number of rotatable bonds is 9. The summed E-state index contributed by atoms with van der Waals surface area (Å²) in [6.45, 7) is 0.265. The summed E-state index contributed by atoms with van der Waals surface area (Å²) in [5.74, 6) is -1.56. The molecule has 0 bridgehead atoms. The zero-order valence-corrected chi connectivity index (χ0v) is 21.8. The molecule has 1 heterocycles. The Morgan fingerprint density at radius 3 is 2.27 bits per heavy atom. The highest BCUT2D eigenvalue weighted by Gasteiger charge is 2.40. The summed E-state index contributed by atoms with van der Waals surface area (Å²) in [4.78, 5) is 27.8. The molecule has 0 spiro atoms. The molecule has 0 unspecified atom stereocenters. The molecule has 5 rings (SSSR count). The van der Waals surface area contributed by atoms with E-state index in [1.54, 1.807) is 48.5 Å². The van der Waals surface area contributed by atoms with E-state index in [2.05, 4.69) is 0 Å². The Balaban J connectivity index is 1.49. The van der Waals surface area contributed by atoms with E-state index in [0.717, 1.165) is 11.1 Å². The van der Waals surface area contributed by atoms with Crippen LogP contribution in [0, 0.1) is 5.82 Å². The molecule has 0 aliphatic carbocycles. The Labute approximate surface area is 231 Å². The van der Waals surface area contributed by atoms with E-state index in [-0.39, 0.29) is 25.3 Å². The topological polar surface area (TPSA) is 85.3 Å². The number of halogens is 1. The van der Waals surface area contributed by atoms with Gasteiger partial charge in [-0.15, -0.1) is 0 Å². The van der Waals surface area contributed by atoms with Crippen LogP contribution >= 0.6 is 0 Å². The van der Waals surface area contributed by atoms with Crippen LogP contribution in [0.4, 0.5) is 4.39 Å². The number of methoxy groups -OCH3 is 1. The van der Waals surface area contributed by atoms with Crippen LogP contribution < -0.4 is 14.2 Å². The van der Waals surface area contributed by atoms with Crippen molar-refractivity contribution in [3.8, 4) is 17.2 Å².